The van der Waals surface area contributed by atoms with Crippen LogP contribution in [0.25, 0.3) is 0 Å². The number of carbonyl (C=O) groups excluding carboxylic acids is 2. The van der Waals surface area contributed by atoms with Gasteiger partial charge >= 0.3 is 0 Å². The molecule has 1 aromatic heterocycles. The zero-order chi connectivity index (χ0) is 17.5. The summed E-state index contributed by atoms with van der Waals surface area (Å²) in [5.74, 6) is 1.71. The maximum Gasteiger partial charge on any atom is 0.265 e. The Kier molecular flexibility index (Phi) is 6.48. The molecule has 124 valence electrons. The number of thioether (sulfide) groups is 1. The van der Waals surface area contributed by atoms with Crippen molar-refractivity contribution in [3.05, 3.63) is 33.0 Å². The molecule has 0 spiro atoms. The van der Waals surface area contributed by atoms with Crippen LogP contribution in [0.1, 0.15) is 18.2 Å². The van der Waals surface area contributed by atoms with Gasteiger partial charge in [0.2, 0.25) is 5.91 Å². The van der Waals surface area contributed by atoms with E-state index < -0.39 is 5.91 Å². The van der Waals surface area contributed by atoms with Crippen LogP contribution < -0.4 is 5.32 Å². The van der Waals surface area contributed by atoms with Gasteiger partial charge in [-0.3, -0.25) is 9.59 Å². The van der Waals surface area contributed by atoms with Crippen LogP contribution >= 0.6 is 23.1 Å². The third-order valence-corrected chi connectivity index (χ3v) is 5.80. The Morgan fingerprint density at radius 3 is 2.92 bits per heavy atom. The van der Waals surface area contributed by atoms with E-state index in [0.29, 0.717) is 18.0 Å². The Morgan fingerprint density at radius 2 is 2.33 bits per heavy atom. The van der Waals surface area contributed by atoms with Crippen LogP contribution in [-0.2, 0) is 16.0 Å². The maximum absolute atomic E-state index is 12.6. The number of aryl methyl sites for hydroxylation is 1. The average Bonchev–Trinajstić information content (AvgIpc) is 3.20. The van der Waals surface area contributed by atoms with Gasteiger partial charge in [0.25, 0.3) is 5.91 Å². The third kappa shape index (κ3) is 4.00. The highest BCUT2D eigenvalue weighted by Crippen LogP contribution is 2.39. The molecule has 0 bridgehead atoms. The number of nitrogens with zero attached hydrogens (tertiary/aromatic N) is 2. The first-order valence-corrected chi connectivity index (χ1v) is 9.24. The maximum atomic E-state index is 12.6. The molecule has 0 radical (unpaired) electrons. The first-order valence-electron chi connectivity index (χ1n) is 7.48. The van der Waals surface area contributed by atoms with Gasteiger partial charge in [0.1, 0.15) is 16.7 Å². The standard InChI is InChI=1S/C17H17N3O2S2/c1-3-9-19-15(21)13(11-18)17-20(4-2)16(22)14(24-17)8-7-12-6-5-10-23-12/h1,5-6,10,14H,4,7-9H2,2H3,(H,19,21). The molecule has 1 atom stereocenters. The van der Waals surface area contributed by atoms with Gasteiger partial charge in [-0.2, -0.15) is 5.26 Å². The smallest absolute Gasteiger partial charge is 0.265 e. The fraction of sp³-hybridized carbons (Fsp3) is 0.353. The molecular weight excluding hydrogens is 342 g/mol. The number of hydrogen-bond donors (Lipinski definition) is 1. The van der Waals surface area contributed by atoms with Crippen LogP contribution in [0, 0.1) is 23.7 Å². The van der Waals surface area contributed by atoms with Crippen molar-refractivity contribution in [2.45, 2.75) is 25.0 Å². The van der Waals surface area contributed by atoms with Gasteiger partial charge in [-0.25, -0.2) is 0 Å². The van der Waals surface area contributed by atoms with Crippen molar-refractivity contribution in [3.63, 3.8) is 0 Å². The summed E-state index contributed by atoms with van der Waals surface area (Å²) in [6.07, 6.45) is 6.60. The summed E-state index contributed by atoms with van der Waals surface area (Å²) in [5, 5.41) is 14.0. The van der Waals surface area contributed by atoms with Crippen molar-refractivity contribution in [2.75, 3.05) is 13.1 Å². The number of carbonyl (C=O) groups is 2. The highest BCUT2D eigenvalue weighted by molar-refractivity contribution is 8.04. The highest BCUT2D eigenvalue weighted by atomic mass is 32.2. The van der Waals surface area contributed by atoms with Gasteiger partial charge < -0.3 is 10.2 Å². The Labute approximate surface area is 149 Å². The van der Waals surface area contributed by atoms with E-state index in [9.17, 15) is 14.9 Å². The van der Waals surface area contributed by atoms with E-state index in [1.807, 2.05) is 30.5 Å². The lowest BCUT2D eigenvalue weighted by Gasteiger charge is -2.15. The number of thiophene rings is 1. The van der Waals surface area contributed by atoms with E-state index in [1.54, 1.807) is 11.3 Å². The van der Waals surface area contributed by atoms with Crippen LogP contribution in [0.15, 0.2) is 28.1 Å². The lowest BCUT2D eigenvalue weighted by Crippen LogP contribution is -2.31. The molecule has 1 aliphatic rings. The van der Waals surface area contributed by atoms with E-state index in [2.05, 4.69) is 11.2 Å². The molecule has 1 aromatic rings. The molecule has 1 fully saturated rings. The van der Waals surface area contributed by atoms with Crippen molar-refractivity contribution >= 4 is 34.9 Å². The second-order valence-corrected chi connectivity index (χ2v) is 7.21. The fourth-order valence-electron chi connectivity index (χ4n) is 2.34. The van der Waals surface area contributed by atoms with Crippen LogP contribution in [-0.4, -0.2) is 35.1 Å². The molecule has 0 aromatic carbocycles. The minimum Gasteiger partial charge on any atom is -0.340 e. The van der Waals surface area contributed by atoms with Gasteiger partial charge in [0.05, 0.1) is 11.8 Å². The number of nitrogens with one attached hydrogen (secondary N) is 1. The largest absolute Gasteiger partial charge is 0.340 e. The topological polar surface area (TPSA) is 73.2 Å². The Bertz CT molecular complexity index is 726. The molecule has 0 aliphatic carbocycles. The highest BCUT2D eigenvalue weighted by Gasteiger charge is 2.38. The molecule has 2 amide bonds. The first-order chi connectivity index (χ1) is 11.6. The lowest BCUT2D eigenvalue weighted by molar-refractivity contribution is -0.127. The van der Waals surface area contributed by atoms with E-state index in [1.165, 1.54) is 21.5 Å². The Hall–Kier alpha value is -2.22. The molecule has 5 nitrogen and oxygen atoms in total. The zero-order valence-electron chi connectivity index (χ0n) is 13.2. The van der Waals surface area contributed by atoms with E-state index in [0.717, 1.165) is 6.42 Å². The molecule has 24 heavy (non-hydrogen) atoms. The molecular formula is C17H17N3O2S2. The molecule has 2 heterocycles. The molecule has 0 saturated carbocycles. The van der Waals surface area contributed by atoms with Crippen molar-refractivity contribution in [1.29, 1.82) is 5.26 Å². The van der Waals surface area contributed by atoms with Gasteiger partial charge in [-0.1, -0.05) is 23.7 Å². The Morgan fingerprint density at radius 1 is 1.54 bits per heavy atom. The summed E-state index contributed by atoms with van der Waals surface area (Å²) in [5.41, 5.74) is -0.0518. The monoisotopic (exact) mass is 359 g/mol. The molecule has 2 rings (SSSR count). The average molecular weight is 359 g/mol. The van der Waals surface area contributed by atoms with Crippen molar-refractivity contribution in [3.8, 4) is 18.4 Å². The SMILES string of the molecule is C#CCNC(=O)C(C#N)=C1SC(CCc2cccs2)C(=O)N1CC. The number of rotatable bonds is 6. The van der Waals surface area contributed by atoms with Crippen molar-refractivity contribution < 1.29 is 9.59 Å². The number of hydrogen-bond acceptors (Lipinski definition) is 5. The van der Waals surface area contributed by atoms with Crippen molar-refractivity contribution in [1.82, 2.24) is 10.2 Å². The molecule has 1 N–H and O–H groups in total. The van der Waals surface area contributed by atoms with E-state index in [4.69, 9.17) is 6.42 Å². The number of terminal acetylenes is 1. The normalized spacial score (nSPS) is 18.9. The summed E-state index contributed by atoms with van der Waals surface area (Å²) in [7, 11) is 0. The van der Waals surface area contributed by atoms with Crippen molar-refractivity contribution in [2.24, 2.45) is 0 Å². The third-order valence-electron chi connectivity index (χ3n) is 3.49. The summed E-state index contributed by atoms with van der Waals surface area (Å²) in [4.78, 5) is 27.4. The summed E-state index contributed by atoms with van der Waals surface area (Å²) >= 11 is 2.95. The van der Waals surface area contributed by atoms with E-state index >= 15 is 0 Å². The molecule has 1 unspecified atom stereocenters. The van der Waals surface area contributed by atoms with Crippen LogP contribution in [0.2, 0.25) is 0 Å². The fourth-order valence-corrected chi connectivity index (χ4v) is 4.40. The quantitative estimate of drug-likeness (QED) is 0.480. The van der Waals surface area contributed by atoms with E-state index in [-0.39, 0.29) is 23.3 Å². The first kappa shape index (κ1) is 18.1. The minimum atomic E-state index is -0.539. The number of nitriles is 1. The summed E-state index contributed by atoms with van der Waals surface area (Å²) in [6.45, 7) is 2.29. The lowest BCUT2D eigenvalue weighted by atomic mass is 10.2. The minimum absolute atomic E-state index is 0.0455. The predicted molar refractivity (Wildman–Crippen MR) is 95.9 cm³/mol. The van der Waals surface area contributed by atoms with Gasteiger partial charge in [-0.05, 0) is 31.2 Å². The second-order valence-electron chi connectivity index (χ2n) is 4.99. The molecule has 1 saturated heterocycles. The predicted octanol–water partition coefficient (Wildman–Crippen LogP) is 2.13. The van der Waals surface area contributed by atoms with Crippen LogP contribution in [0.3, 0.4) is 0 Å². The Balaban J connectivity index is 2.18. The van der Waals surface area contributed by atoms with Crippen LogP contribution in [0.5, 0.6) is 0 Å². The van der Waals surface area contributed by atoms with Gasteiger partial charge in [0, 0.05) is 11.4 Å². The summed E-state index contributed by atoms with van der Waals surface area (Å²) in [6, 6.07) is 5.94. The molecule has 1 aliphatic heterocycles. The summed E-state index contributed by atoms with van der Waals surface area (Å²) < 4.78 is 0. The van der Waals surface area contributed by atoms with Crippen LogP contribution in [0.4, 0.5) is 0 Å². The number of amides is 2. The molecule has 7 heteroatoms. The zero-order valence-corrected chi connectivity index (χ0v) is 14.9. The van der Waals surface area contributed by atoms with Gasteiger partial charge in [-0.15, -0.1) is 17.8 Å². The van der Waals surface area contributed by atoms with Gasteiger partial charge in [0.15, 0.2) is 0 Å². The second kappa shape index (κ2) is 8.58.